The SMILES string of the molecule is CCN(CC(=O)NC(C)C)C(=O)c1sc(-c2cccc(Cl)c2)nc1C. The van der Waals surface area contributed by atoms with Gasteiger partial charge in [0.05, 0.1) is 12.2 Å². The zero-order valence-corrected chi connectivity index (χ0v) is 16.4. The summed E-state index contributed by atoms with van der Waals surface area (Å²) in [7, 11) is 0. The van der Waals surface area contributed by atoms with Crippen molar-refractivity contribution in [3.8, 4) is 10.6 Å². The number of benzene rings is 1. The molecule has 0 spiro atoms. The van der Waals surface area contributed by atoms with E-state index in [0.29, 0.717) is 22.1 Å². The quantitative estimate of drug-likeness (QED) is 0.831. The number of aromatic nitrogens is 1. The van der Waals surface area contributed by atoms with Crippen LogP contribution in [-0.4, -0.2) is 40.8 Å². The van der Waals surface area contributed by atoms with Crippen molar-refractivity contribution < 1.29 is 9.59 Å². The van der Waals surface area contributed by atoms with Crippen LogP contribution >= 0.6 is 22.9 Å². The minimum absolute atomic E-state index is 0.0390. The monoisotopic (exact) mass is 379 g/mol. The zero-order chi connectivity index (χ0) is 18.6. The summed E-state index contributed by atoms with van der Waals surface area (Å²) in [6.45, 7) is 7.93. The molecule has 0 bridgehead atoms. The maximum atomic E-state index is 12.8. The van der Waals surface area contributed by atoms with Gasteiger partial charge in [-0.25, -0.2) is 4.98 Å². The van der Waals surface area contributed by atoms with Crippen LogP contribution in [0.15, 0.2) is 24.3 Å². The van der Waals surface area contributed by atoms with Crippen LogP contribution in [-0.2, 0) is 4.79 Å². The number of halogens is 1. The first-order valence-corrected chi connectivity index (χ1v) is 9.33. The van der Waals surface area contributed by atoms with Gasteiger partial charge in [-0.05, 0) is 39.8 Å². The number of carbonyl (C=O) groups excluding carboxylic acids is 2. The largest absolute Gasteiger partial charge is 0.352 e. The van der Waals surface area contributed by atoms with Gasteiger partial charge in [0.1, 0.15) is 9.88 Å². The first-order chi connectivity index (χ1) is 11.8. The molecule has 134 valence electrons. The number of carbonyl (C=O) groups is 2. The molecular weight excluding hydrogens is 358 g/mol. The van der Waals surface area contributed by atoms with Crippen molar-refractivity contribution >= 4 is 34.8 Å². The number of amides is 2. The highest BCUT2D eigenvalue weighted by atomic mass is 35.5. The third-order valence-corrected chi connectivity index (χ3v) is 4.95. The molecule has 1 heterocycles. The highest BCUT2D eigenvalue weighted by Gasteiger charge is 2.23. The molecule has 5 nitrogen and oxygen atoms in total. The fourth-order valence-corrected chi connectivity index (χ4v) is 3.57. The van der Waals surface area contributed by atoms with E-state index in [-0.39, 0.29) is 24.4 Å². The molecule has 0 atom stereocenters. The lowest BCUT2D eigenvalue weighted by molar-refractivity contribution is -0.122. The summed E-state index contributed by atoms with van der Waals surface area (Å²) in [5.41, 5.74) is 1.54. The Morgan fingerprint density at radius 2 is 2.08 bits per heavy atom. The maximum Gasteiger partial charge on any atom is 0.266 e. The number of hydrogen-bond acceptors (Lipinski definition) is 4. The number of thiazole rings is 1. The van der Waals surface area contributed by atoms with Crippen LogP contribution < -0.4 is 5.32 Å². The average Bonchev–Trinajstić information content (AvgIpc) is 2.93. The maximum absolute atomic E-state index is 12.8. The van der Waals surface area contributed by atoms with Crippen molar-refractivity contribution in [3.05, 3.63) is 39.9 Å². The number of nitrogens with zero attached hydrogens (tertiary/aromatic N) is 2. The summed E-state index contributed by atoms with van der Waals surface area (Å²) in [6, 6.07) is 7.42. The smallest absolute Gasteiger partial charge is 0.266 e. The normalized spacial score (nSPS) is 10.8. The van der Waals surface area contributed by atoms with Gasteiger partial charge in [-0.3, -0.25) is 9.59 Å². The molecule has 2 rings (SSSR count). The van der Waals surface area contributed by atoms with Gasteiger partial charge in [-0.15, -0.1) is 11.3 Å². The Kier molecular flexibility index (Phi) is 6.56. The molecule has 0 aliphatic carbocycles. The molecule has 1 N–H and O–H groups in total. The Morgan fingerprint density at radius 3 is 2.68 bits per heavy atom. The molecule has 25 heavy (non-hydrogen) atoms. The van der Waals surface area contributed by atoms with Crippen LogP contribution in [0.4, 0.5) is 0 Å². The number of hydrogen-bond donors (Lipinski definition) is 1. The standard InChI is InChI=1S/C18H22ClN3O2S/c1-5-22(10-15(23)20-11(2)3)18(24)16-12(4)21-17(25-16)13-7-6-8-14(19)9-13/h6-9,11H,5,10H2,1-4H3,(H,20,23). The van der Waals surface area contributed by atoms with Gasteiger partial charge in [-0.2, -0.15) is 0 Å². The van der Waals surface area contributed by atoms with Crippen LogP contribution in [0.5, 0.6) is 0 Å². The molecule has 1 aromatic carbocycles. The molecule has 0 saturated heterocycles. The second kappa shape index (κ2) is 8.45. The molecule has 0 radical (unpaired) electrons. The molecule has 0 fully saturated rings. The molecule has 0 aliphatic heterocycles. The number of aryl methyl sites for hydroxylation is 1. The summed E-state index contributed by atoms with van der Waals surface area (Å²) in [5, 5.41) is 4.17. The van der Waals surface area contributed by atoms with Crippen molar-refractivity contribution in [3.63, 3.8) is 0 Å². The third kappa shape index (κ3) is 5.03. The van der Waals surface area contributed by atoms with Gasteiger partial charge in [0.15, 0.2) is 0 Å². The topological polar surface area (TPSA) is 62.3 Å². The van der Waals surface area contributed by atoms with E-state index < -0.39 is 0 Å². The van der Waals surface area contributed by atoms with Gasteiger partial charge in [0.25, 0.3) is 5.91 Å². The summed E-state index contributed by atoms with van der Waals surface area (Å²) >= 11 is 7.35. The van der Waals surface area contributed by atoms with E-state index in [2.05, 4.69) is 10.3 Å². The highest BCUT2D eigenvalue weighted by Crippen LogP contribution is 2.30. The predicted octanol–water partition coefficient (Wildman–Crippen LogP) is 3.76. The second-order valence-electron chi connectivity index (χ2n) is 5.99. The fourth-order valence-electron chi connectivity index (χ4n) is 2.35. The molecule has 0 aliphatic rings. The lowest BCUT2D eigenvalue weighted by Gasteiger charge is -2.20. The Bertz CT molecular complexity index is 773. The number of rotatable bonds is 6. The Morgan fingerprint density at radius 1 is 1.36 bits per heavy atom. The van der Waals surface area contributed by atoms with Crippen molar-refractivity contribution in [2.45, 2.75) is 33.7 Å². The molecule has 2 amide bonds. The van der Waals surface area contributed by atoms with Crippen molar-refractivity contribution in [2.24, 2.45) is 0 Å². The predicted molar refractivity (Wildman–Crippen MR) is 102 cm³/mol. The Labute approximate surface area is 157 Å². The molecule has 7 heteroatoms. The summed E-state index contributed by atoms with van der Waals surface area (Å²) in [4.78, 5) is 31.4. The van der Waals surface area contributed by atoms with Gasteiger partial charge in [0, 0.05) is 23.2 Å². The molecule has 1 aromatic heterocycles. The van der Waals surface area contributed by atoms with E-state index in [4.69, 9.17) is 11.6 Å². The minimum Gasteiger partial charge on any atom is -0.352 e. The van der Waals surface area contributed by atoms with Gasteiger partial charge < -0.3 is 10.2 Å². The van der Waals surface area contributed by atoms with E-state index in [1.807, 2.05) is 39.0 Å². The average molecular weight is 380 g/mol. The summed E-state index contributed by atoms with van der Waals surface area (Å²) < 4.78 is 0. The summed E-state index contributed by atoms with van der Waals surface area (Å²) in [6.07, 6.45) is 0. The van der Waals surface area contributed by atoms with Crippen LogP contribution in [0, 0.1) is 6.92 Å². The van der Waals surface area contributed by atoms with Crippen LogP contribution in [0.3, 0.4) is 0 Å². The van der Waals surface area contributed by atoms with E-state index in [1.54, 1.807) is 13.0 Å². The highest BCUT2D eigenvalue weighted by molar-refractivity contribution is 7.17. The summed E-state index contributed by atoms with van der Waals surface area (Å²) in [5.74, 6) is -0.341. The van der Waals surface area contributed by atoms with E-state index in [0.717, 1.165) is 10.6 Å². The van der Waals surface area contributed by atoms with Gasteiger partial charge in [-0.1, -0.05) is 23.7 Å². The van der Waals surface area contributed by atoms with E-state index in [9.17, 15) is 9.59 Å². The second-order valence-corrected chi connectivity index (χ2v) is 7.42. The first kappa shape index (κ1) is 19.4. The number of likely N-dealkylation sites (N-methyl/N-ethyl adjacent to an activating group) is 1. The number of nitrogens with one attached hydrogen (secondary N) is 1. The van der Waals surface area contributed by atoms with Gasteiger partial charge in [0.2, 0.25) is 5.91 Å². The van der Waals surface area contributed by atoms with E-state index >= 15 is 0 Å². The Hall–Kier alpha value is -1.92. The van der Waals surface area contributed by atoms with Crippen molar-refractivity contribution in [1.29, 1.82) is 0 Å². The molecular formula is C18H22ClN3O2S. The van der Waals surface area contributed by atoms with Crippen LogP contribution in [0.25, 0.3) is 10.6 Å². The van der Waals surface area contributed by atoms with Gasteiger partial charge >= 0.3 is 0 Å². The first-order valence-electron chi connectivity index (χ1n) is 8.13. The third-order valence-electron chi connectivity index (χ3n) is 3.52. The molecule has 0 unspecified atom stereocenters. The zero-order valence-electron chi connectivity index (χ0n) is 14.8. The van der Waals surface area contributed by atoms with Crippen LogP contribution in [0.2, 0.25) is 5.02 Å². The lowest BCUT2D eigenvalue weighted by Crippen LogP contribution is -2.42. The fraction of sp³-hybridized carbons (Fsp3) is 0.389. The Balaban J connectivity index is 2.22. The van der Waals surface area contributed by atoms with Crippen molar-refractivity contribution in [1.82, 2.24) is 15.2 Å². The molecule has 2 aromatic rings. The minimum atomic E-state index is -0.176. The van der Waals surface area contributed by atoms with E-state index in [1.165, 1.54) is 16.2 Å². The lowest BCUT2D eigenvalue weighted by atomic mass is 10.2. The van der Waals surface area contributed by atoms with Crippen molar-refractivity contribution in [2.75, 3.05) is 13.1 Å². The van der Waals surface area contributed by atoms with Crippen LogP contribution in [0.1, 0.15) is 36.1 Å². The molecule has 0 saturated carbocycles.